The Balaban J connectivity index is 2.16. The molecule has 0 fully saturated rings. The molecule has 0 amide bonds. The molecule has 3 aromatic rings. The van der Waals surface area contributed by atoms with Gasteiger partial charge in [-0.25, -0.2) is 5.43 Å². The quantitative estimate of drug-likeness (QED) is 0.561. The average molecular weight is 342 g/mol. The highest BCUT2D eigenvalue weighted by Crippen LogP contribution is 2.30. The van der Waals surface area contributed by atoms with Crippen molar-refractivity contribution in [1.82, 2.24) is 10.4 Å². The average Bonchev–Trinajstić information content (AvgIpc) is 2.52. The summed E-state index contributed by atoms with van der Waals surface area (Å²) in [6.07, 6.45) is 3.68. The lowest BCUT2D eigenvalue weighted by Crippen LogP contribution is -2.29. The van der Waals surface area contributed by atoms with Gasteiger partial charge in [0.05, 0.1) is 6.04 Å². The Morgan fingerprint density at radius 3 is 2.81 bits per heavy atom. The first kappa shape index (κ1) is 14.2. The highest BCUT2D eigenvalue weighted by molar-refractivity contribution is 9.10. The number of nitrogens with zero attached hydrogens (tertiary/aromatic N) is 1. The van der Waals surface area contributed by atoms with Gasteiger partial charge in [-0.3, -0.25) is 10.8 Å². The fourth-order valence-corrected chi connectivity index (χ4v) is 2.95. The highest BCUT2D eigenvalue weighted by atomic mass is 79.9. The maximum Gasteiger partial charge on any atom is 0.0716 e. The number of nitrogens with two attached hydrogens (primary N) is 1. The zero-order valence-electron chi connectivity index (χ0n) is 11.7. The van der Waals surface area contributed by atoms with Crippen LogP contribution in [0.1, 0.15) is 22.7 Å². The summed E-state index contributed by atoms with van der Waals surface area (Å²) in [5.74, 6) is 5.84. The van der Waals surface area contributed by atoms with E-state index in [1.807, 2.05) is 24.5 Å². The number of halogens is 1. The summed E-state index contributed by atoms with van der Waals surface area (Å²) in [6.45, 7) is 2.07. The predicted octanol–water partition coefficient (Wildman–Crippen LogP) is 3.86. The summed E-state index contributed by atoms with van der Waals surface area (Å²) < 4.78 is 1.09. The lowest BCUT2D eigenvalue weighted by Gasteiger charge is -2.19. The molecule has 0 radical (unpaired) electrons. The molecule has 3 N–H and O–H groups in total. The van der Waals surface area contributed by atoms with E-state index < -0.39 is 0 Å². The van der Waals surface area contributed by atoms with E-state index in [9.17, 15) is 0 Å². The second-order valence-electron chi connectivity index (χ2n) is 5.05. The number of hydrazine groups is 1. The zero-order chi connectivity index (χ0) is 14.8. The molecule has 0 aliphatic heterocycles. The third-order valence-corrected chi connectivity index (χ3v) is 4.58. The number of hydrogen-bond acceptors (Lipinski definition) is 3. The van der Waals surface area contributed by atoms with Gasteiger partial charge in [-0.2, -0.15) is 0 Å². The molecular weight excluding hydrogens is 326 g/mol. The van der Waals surface area contributed by atoms with Crippen molar-refractivity contribution in [3.8, 4) is 0 Å². The maximum atomic E-state index is 5.84. The first-order valence-electron chi connectivity index (χ1n) is 6.75. The fraction of sp³-hybridized carbons (Fsp3) is 0.118. The lowest BCUT2D eigenvalue weighted by atomic mass is 9.94. The molecular formula is C17H16BrN3. The Kier molecular flexibility index (Phi) is 4.01. The smallest absolute Gasteiger partial charge is 0.0716 e. The van der Waals surface area contributed by atoms with Crippen molar-refractivity contribution in [2.75, 3.05) is 0 Å². The topological polar surface area (TPSA) is 50.9 Å². The van der Waals surface area contributed by atoms with E-state index in [0.29, 0.717) is 0 Å². The minimum Gasteiger partial charge on any atom is -0.271 e. The summed E-state index contributed by atoms with van der Waals surface area (Å²) >= 11 is 3.59. The first-order valence-corrected chi connectivity index (χ1v) is 7.55. The van der Waals surface area contributed by atoms with Crippen molar-refractivity contribution in [2.45, 2.75) is 13.0 Å². The van der Waals surface area contributed by atoms with E-state index in [0.717, 1.165) is 26.4 Å². The third kappa shape index (κ3) is 2.70. The van der Waals surface area contributed by atoms with Crippen LogP contribution in [0.5, 0.6) is 0 Å². The van der Waals surface area contributed by atoms with Gasteiger partial charge in [0.1, 0.15) is 0 Å². The highest BCUT2D eigenvalue weighted by Gasteiger charge is 2.15. The van der Waals surface area contributed by atoms with Crippen LogP contribution in [0.3, 0.4) is 0 Å². The van der Waals surface area contributed by atoms with Crippen LogP contribution in [-0.2, 0) is 0 Å². The SMILES string of the molecule is Cc1ccc(C(NN)c2cccc3cnccc23)cc1Br. The van der Waals surface area contributed by atoms with E-state index >= 15 is 0 Å². The third-order valence-electron chi connectivity index (χ3n) is 3.72. The van der Waals surface area contributed by atoms with Crippen LogP contribution in [0.4, 0.5) is 0 Å². The molecule has 106 valence electrons. The maximum absolute atomic E-state index is 5.84. The van der Waals surface area contributed by atoms with Gasteiger partial charge in [0.15, 0.2) is 0 Å². The molecule has 1 heterocycles. The Hall–Kier alpha value is -1.75. The number of rotatable bonds is 3. The van der Waals surface area contributed by atoms with E-state index in [4.69, 9.17) is 5.84 Å². The van der Waals surface area contributed by atoms with Crippen LogP contribution >= 0.6 is 15.9 Å². The number of nitrogens with one attached hydrogen (secondary N) is 1. The summed E-state index contributed by atoms with van der Waals surface area (Å²) in [5.41, 5.74) is 6.41. The van der Waals surface area contributed by atoms with Crippen molar-refractivity contribution in [3.05, 3.63) is 76.0 Å². The zero-order valence-corrected chi connectivity index (χ0v) is 13.3. The molecule has 3 nitrogen and oxygen atoms in total. The second-order valence-corrected chi connectivity index (χ2v) is 5.91. The molecule has 0 aliphatic rings. The molecule has 3 rings (SSSR count). The molecule has 0 saturated heterocycles. The van der Waals surface area contributed by atoms with Gasteiger partial charge in [0, 0.05) is 22.3 Å². The summed E-state index contributed by atoms with van der Waals surface area (Å²) in [7, 11) is 0. The van der Waals surface area contributed by atoms with Gasteiger partial charge < -0.3 is 0 Å². The van der Waals surface area contributed by atoms with E-state index in [1.54, 1.807) is 0 Å². The van der Waals surface area contributed by atoms with Gasteiger partial charge in [-0.05, 0) is 41.1 Å². The van der Waals surface area contributed by atoms with Crippen LogP contribution in [-0.4, -0.2) is 4.98 Å². The molecule has 1 aromatic heterocycles. The molecule has 0 bridgehead atoms. The van der Waals surface area contributed by atoms with Gasteiger partial charge in [0.25, 0.3) is 0 Å². The Labute approximate surface area is 132 Å². The van der Waals surface area contributed by atoms with Crippen LogP contribution in [0.15, 0.2) is 59.3 Å². The van der Waals surface area contributed by atoms with Crippen LogP contribution in [0.2, 0.25) is 0 Å². The van der Waals surface area contributed by atoms with Crippen molar-refractivity contribution in [2.24, 2.45) is 5.84 Å². The molecule has 1 unspecified atom stereocenters. The molecule has 0 aliphatic carbocycles. The Morgan fingerprint density at radius 1 is 1.19 bits per heavy atom. The van der Waals surface area contributed by atoms with Gasteiger partial charge in [-0.15, -0.1) is 0 Å². The normalized spacial score (nSPS) is 12.5. The van der Waals surface area contributed by atoms with Crippen molar-refractivity contribution in [3.63, 3.8) is 0 Å². The predicted molar refractivity (Wildman–Crippen MR) is 89.8 cm³/mol. The van der Waals surface area contributed by atoms with Gasteiger partial charge >= 0.3 is 0 Å². The van der Waals surface area contributed by atoms with E-state index in [-0.39, 0.29) is 6.04 Å². The van der Waals surface area contributed by atoms with Crippen LogP contribution in [0, 0.1) is 6.92 Å². The van der Waals surface area contributed by atoms with Crippen molar-refractivity contribution < 1.29 is 0 Å². The number of hydrogen-bond donors (Lipinski definition) is 2. The van der Waals surface area contributed by atoms with Crippen LogP contribution < -0.4 is 11.3 Å². The number of pyridine rings is 1. The molecule has 1 atom stereocenters. The van der Waals surface area contributed by atoms with E-state index in [1.165, 1.54) is 5.56 Å². The van der Waals surface area contributed by atoms with Crippen molar-refractivity contribution in [1.29, 1.82) is 0 Å². The summed E-state index contributed by atoms with van der Waals surface area (Å²) in [4.78, 5) is 4.18. The van der Waals surface area contributed by atoms with Gasteiger partial charge in [-0.1, -0.05) is 46.3 Å². The Bertz CT molecular complexity index is 781. The number of benzene rings is 2. The molecule has 0 spiro atoms. The molecule has 2 aromatic carbocycles. The number of aryl methyl sites for hydroxylation is 1. The lowest BCUT2D eigenvalue weighted by molar-refractivity contribution is 0.640. The largest absolute Gasteiger partial charge is 0.271 e. The fourth-order valence-electron chi connectivity index (χ4n) is 2.55. The minimum absolute atomic E-state index is 0.0620. The second kappa shape index (κ2) is 5.93. The minimum atomic E-state index is -0.0620. The monoisotopic (exact) mass is 341 g/mol. The molecule has 21 heavy (non-hydrogen) atoms. The first-order chi connectivity index (χ1) is 10.2. The molecule has 4 heteroatoms. The summed E-state index contributed by atoms with van der Waals surface area (Å²) in [5, 5.41) is 2.27. The van der Waals surface area contributed by atoms with Crippen molar-refractivity contribution >= 4 is 26.7 Å². The standard InChI is InChI=1S/C17H16BrN3/c1-11-5-6-12(9-16(11)18)17(21-19)15-4-2-3-13-10-20-8-7-14(13)15/h2-10,17,21H,19H2,1H3. The van der Waals surface area contributed by atoms with E-state index in [2.05, 4.69) is 63.6 Å². The summed E-state index contributed by atoms with van der Waals surface area (Å²) in [6, 6.07) is 14.5. The number of aromatic nitrogens is 1. The van der Waals surface area contributed by atoms with Crippen LogP contribution in [0.25, 0.3) is 10.8 Å². The number of fused-ring (bicyclic) bond motifs is 1. The van der Waals surface area contributed by atoms with Gasteiger partial charge in [0.2, 0.25) is 0 Å². The Morgan fingerprint density at radius 2 is 2.05 bits per heavy atom. The molecule has 0 saturated carbocycles.